The number of ether oxygens (including phenoxy) is 1. The number of carbonyl (C=O) groups is 1. The summed E-state index contributed by atoms with van der Waals surface area (Å²) in [6.45, 7) is 0.646. The van der Waals surface area contributed by atoms with Gasteiger partial charge < -0.3 is 10.1 Å². The number of alkyl halides is 3. The molecule has 0 atom stereocenters. The first-order chi connectivity index (χ1) is 14.8. The van der Waals surface area contributed by atoms with Gasteiger partial charge in [-0.1, -0.05) is 12.8 Å². The SMILES string of the molecule is O=C(Nc1ccc(OC(F)(F)F)cc1)c1ccc2c(=O)n3c(nc2c1)CCCCCC3. The molecule has 9 heteroatoms. The Kier molecular flexibility index (Phi) is 5.67. The topological polar surface area (TPSA) is 73.2 Å². The highest BCUT2D eigenvalue weighted by atomic mass is 19.4. The van der Waals surface area contributed by atoms with Crippen LogP contribution in [-0.4, -0.2) is 21.8 Å². The van der Waals surface area contributed by atoms with E-state index < -0.39 is 12.3 Å². The summed E-state index contributed by atoms with van der Waals surface area (Å²) < 4.78 is 42.3. The number of fused-ring (bicyclic) bond motifs is 2. The molecule has 1 aliphatic rings. The molecule has 0 fully saturated rings. The summed E-state index contributed by atoms with van der Waals surface area (Å²) in [5.74, 6) is -0.104. The van der Waals surface area contributed by atoms with E-state index >= 15 is 0 Å². The van der Waals surface area contributed by atoms with Crippen LogP contribution in [0.2, 0.25) is 0 Å². The van der Waals surface area contributed by atoms with Gasteiger partial charge in [0.05, 0.1) is 10.9 Å². The van der Waals surface area contributed by atoms with Crippen molar-refractivity contribution in [1.82, 2.24) is 9.55 Å². The molecular formula is C22H20F3N3O3. The number of carbonyl (C=O) groups excluding carboxylic acids is 1. The van der Waals surface area contributed by atoms with E-state index in [0.717, 1.165) is 43.6 Å². The predicted molar refractivity (Wildman–Crippen MR) is 109 cm³/mol. The van der Waals surface area contributed by atoms with Gasteiger partial charge in [-0.15, -0.1) is 13.2 Å². The van der Waals surface area contributed by atoms with Crippen LogP contribution in [0.1, 0.15) is 41.9 Å². The summed E-state index contributed by atoms with van der Waals surface area (Å²) >= 11 is 0. The lowest BCUT2D eigenvalue weighted by molar-refractivity contribution is -0.274. The van der Waals surface area contributed by atoms with Crippen molar-refractivity contribution in [1.29, 1.82) is 0 Å². The van der Waals surface area contributed by atoms with Crippen LogP contribution < -0.4 is 15.6 Å². The van der Waals surface area contributed by atoms with Gasteiger partial charge in [-0.05, 0) is 55.3 Å². The maximum absolute atomic E-state index is 12.9. The van der Waals surface area contributed by atoms with Crippen LogP contribution in [0.4, 0.5) is 18.9 Å². The molecule has 0 radical (unpaired) electrons. The minimum atomic E-state index is -4.78. The lowest BCUT2D eigenvalue weighted by Crippen LogP contribution is -2.26. The molecule has 31 heavy (non-hydrogen) atoms. The molecule has 0 saturated carbocycles. The Labute approximate surface area is 175 Å². The third kappa shape index (κ3) is 4.87. The molecule has 1 aromatic heterocycles. The fourth-order valence-corrected chi connectivity index (χ4v) is 3.68. The summed E-state index contributed by atoms with van der Waals surface area (Å²) in [4.78, 5) is 30.1. The number of nitrogens with one attached hydrogen (secondary N) is 1. The van der Waals surface area contributed by atoms with Crippen LogP contribution in [0.25, 0.3) is 10.9 Å². The van der Waals surface area contributed by atoms with E-state index in [1.165, 1.54) is 18.2 Å². The van der Waals surface area contributed by atoms with Crippen LogP contribution in [0.3, 0.4) is 0 Å². The van der Waals surface area contributed by atoms with Crippen molar-refractivity contribution >= 4 is 22.5 Å². The first kappa shape index (κ1) is 20.9. The Morgan fingerprint density at radius 1 is 1.03 bits per heavy atom. The van der Waals surface area contributed by atoms with Gasteiger partial charge >= 0.3 is 6.36 Å². The molecule has 0 aliphatic carbocycles. The first-order valence-corrected chi connectivity index (χ1v) is 10.0. The van der Waals surface area contributed by atoms with Crippen LogP contribution in [-0.2, 0) is 13.0 Å². The lowest BCUT2D eigenvalue weighted by atomic mass is 10.1. The Balaban J connectivity index is 1.57. The molecule has 0 unspecified atom stereocenters. The van der Waals surface area contributed by atoms with E-state index in [9.17, 15) is 22.8 Å². The minimum absolute atomic E-state index is 0.103. The lowest BCUT2D eigenvalue weighted by Gasteiger charge is -2.16. The molecule has 2 aromatic carbocycles. The summed E-state index contributed by atoms with van der Waals surface area (Å²) in [5.41, 5.74) is 0.962. The van der Waals surface area contributed by atoms with Crippen molar-refractivity contribution < 1.29 is 22.7 Å². The molecule has 1 amide bonds. The van der Waals surface area contributed by atoms with Crippen LogP contribution in [0.15, 0.2) is 47.3 Å². The van der Waals surface area contributed by atoms with Crippen molar-refractivity contribution in [3.63, 3.8) is 0 Å². The number of hydrogen-bond acceptors (Lipinski definition) is 4. The standard InChI is InChI=1S/C22H20F3N3O3/c23-22(24,25)31-16-9-7-15(8-10-16)26-20(29)14-6-11-17-18(13-14)27-19-5-3-1-2-4-12-28(19)21(17)30/h6-11,13H,1-5,12H2,(H,26,29). The third-order valence-electron chi connectivity index (χ3n) is 5.17. The van der Waals surface area contributed by atoms with Gasteiger partial charge in [0.25, 0.3) is 11.5 Å². The average molecular weight is 431 g/mol. The zero-order chi connectivity index (χ0) is 22.0. The predicted octanol–water partition coefficient (Wildman–Crippen LogP) is 4.66. The molecule has 162 valence electrons. The molecule has 0 bridgehead atoms. The van der Waals surface area contributed by atoms with Crippen LogP contribution in [0.5, 0.6) is 5.75 Å². The smallest absolute Gasteiger partial charge is 0.406 e. The number of amides is 1. The molecule has 2 heterocycles. The number of benzene rings is 2. The molecule has 4 rings (SSSR count). The van der Waals surface area contributed by atoms with Gasteiger partial charge in [-0.25, -0.2) is 4.98 Å². The highest BCUT2D eigenvalue weighted by Gasteiger charge is 2.31. The second kappa shape index (κ2) is 8.41. The van der Waals surface area contributed by atoms with Gasteiger partial charge in [0.1, 0.15) is 11.6 Å². The summed E-state index contributed by atoms with van der Waals surface area (Å²) in [6, 6.07) is 9.55. The number of aromatic nitrogens is 2. The molecule has 0 spiro atoms. The highest BCUT2D eigenvalue weighted by Crippen LogP contribution is 2.24. The van der Waals surface area contributed by atoms with E-state index in [0.29, 0.717) is 35.1 Å². The van der Waals surface area contributed by atoms with Crippen molar-refractivity contribution in [2.24, 2.45) is 0 Å². The van der Waals surface area contributed by atoms with Gasteiger partial charge in [-0.2, -0.15) is 0 Å². The largest absolute Gasteiger partial charge is 0.573 e. The monoisotopic (exact) mass is 431 g/mol. The van der Waals surface area contributed by atoms with Crippen molar-refractivity contribution in [2.45, 2.75) is 45.0 Å². The molecule has 1 N–H and O–H groups in total. The van der Waals surface area contributed by atoms with Crippen LogP contribution in [0, 0.1) is 0 Å². The zero-order valence-electron chi connectivity index (χ0n) is 16.5. The quantitative estimate of drug-likeness (QED) is 0.655. The number of aryl methyl sites for hydroxylation is 1. The Morgan fingerprint density at radius 3 is 2.52 bits per heavy atom. The van der Waals surface area contributed by atoms with E-state index in [1.807, 2.05) is 0 Å². The summed E-state index contributed by atoms with van der Waals surface area (Å²) in [5, 5.41) is 3.07. The van der Waals surface area contributed by atoms with Crippen molar-refractivity contribution in [2.75, 3.05) is 5.32 Å². The first-order valence-electron chi connectivity index (χ1n) is 10.0. The molecule has 3 aromatic rings. The molecule has 6 nitrogen and oxygen atoms in total. The van der Waals surface area contributed by atoms with Crippen molar-refractivity contribution in [3.05, 3.63) is 64.2 Å². The molecule has 0 saturated heterocycles. The summed E-state index contributed by atoms with van der Waals surface area (Å²) in [7, 11) is 0. The average Bonchev–Trinajstić information content (AvgIpc) is 2.69. The molecule has 1 aliphatic heterocycles. The van der Waals surface area contributed by atoms with Gasteiger partial charge in [0.15, 0.2) is 0 Å². The van der Waals surface area contributed by atoms with E-state index in [-0.39, 0.29) is 11.3 Å². The summed E-state index contributed by atoms with van der Waals surface area (Å²) in [6.07, 6.45) is 0.0297. The van der Waals surface area contributed by atoms with E-state index in [1.54, 1.807) is 16.7 Å². The number of hydrogen-bond donors (Lipinski definition) is 1. The number of anilines is 1. The highest BCUT2D eigenvalue weighted by molar-refractivity contribution is 6.06. The van der Waals surface area contributed by atoms with Gasteiger partial charge in [0.2, 0.25) is 0 Å². The fourth-order valence-electron chi connectivity index (χ4n) is 3.68. The number of halogens is 3. The van der Waals surface area contributed by atoms with Crippen LogP contribution >= 0.6 is 0 Å². The minimum Gasteiger partial charge on any atom is -0.406 e. The van der Waals surface area contributed by atoms with Gasteiger partial charge in [-0.3, -0.25) is 14.2 Å². The number of rotatable bonds is 3. The maximum atomic E-state index is 12.9. The second-order valence-electron chi connectivity index (χ2n) is 7.41. The van der Waals surface area contributed by atoms with Crippen molar-refractivity contribution in [3.8, 4) is 5.75 Å². The Morgan fingerprint density at radius 2 is 1.77 bits per heavy atom. The second-order valence-corrected chi connectivity index (χ2v) is 7.41. The van der Waals surface area contributed by atoms with E-state index in [2.05, 4.69) is 15.0 Å². The normalized spacial score (nSPS) is 14.4. The molecular weight excluding hydrogens is 411 g/mol. The fraction of sp³-hybridized carbons (Fsp3) is 0.318. The third-order valence-corrected chi connectivity index (χ3v) is 5.17. The maximum Gasteiger partial charge on any atom is 0.573 e. The van der Waals surface area contributed by atoms with E-state index in [4.69, 9.17) is 0 Å². The van der Waals surface area contributed by atoms with Gasteiger partial charge in [0, 0.05) is 24.2 Å². The Bertz CT molecular complexity index is 1170. The number of nitrogens with zero attached hydrogens (tertiary/aromatic N) is 2. The Hall–Kier alpha value is -3.36. The zero-order valence-corrected chi connectivity index (χ0v) is 16.5.